The highest BCUT2D eigenvalue weighted by atomic mass is 32.1. The van der Waals surface area contributed by atoms with Crippen LogP contribution in [0.5, 0.6) is 5.75 Å². The van der Waals surface area contributed by atoms with Gasteiger partial charge in [-0.1, -0.05) is 12.1 Å². The normalized spacial score (nSPS) is 15.5. The van der Waals surface area contributed by atoms with Crippen molar-refractivity contribution in [3.05, 3.63) is 64.5 Å². The van der Waals surface area contributed by atoms with Crippen LogP contribution in [0.4, 0.5) is 0 Å². The van der Waals surface area contributed by atoms with Gasteiger partial charge in [-0.2, -0.15) is 0 Å². The van der Waals surface area contributed by atoms with Gasteiger partial charge in [0.25, 0.3) is 5.91 Å². The largest absolute Gasteiger partial charge is 0.488 e. The predicted octanol–water partition coefficient (Wildman–Crippen LogP) is 4.05. The maximum atomic E-state index is 12.8. The molecule has 4 rings (SSSR count). The quantitative estimate of drug-likeness (QED) is 0.716. The molecule has 26 heavy (non-hydrogen) atoms. The minimum absolute atomic E-state index is 0.0633. The number of rotatable bonds is 5. The Balaban J connectivity index is 1.50. The maximum absolute atomic E-state index is 12.8. The molecular formula is C21H22N2O2S. The number of nitrogens with one attached hydrogen (secondary N) is 2. The second kappa shape index (κ2) is 7.09. The molecule has 0 aliphatic carbocycles. The molecule has 1 aromatic heterocycles. The van der Waals surface area contributed by atoms with Gasteiger partial charge >= 0.3 is 0 Å². The molecule has 0 radical (unpaired) electrons. The van der Waals surface area contributed by atoms with E-state index in [0.717, 1.165) is 30.0 Å². The van der Waals surface area contributed by atoms with Crippen molar-refractivity contribution in [1.29, 1.82) is 0 Å². The first-order valence-corrected chi connectivity index (χ1v) is 9.74. The van der Waals surface area contributed by atoms with Gasteiger partial charge < -0.3 is 15.4 Å². The number of carbonyl (C=O) groups is 1. The molecule has 1 atom stereocenters. The Hall–Kier alpha value is -2.37. The summed E-state index contributed by atoms with van der Waals surface area (Å²) in [5, 5.41) is 9.60. The first kappa shape index (κ1) is 17.1. The summed E-state index contributed by atoms with van der Waals surface area (Å²) in [5.74, 6) is 0.678. The molecule has 134 valence electrons. The van der Waals surface area contributed by atoms with E-state index < -0.39 is 0 Å². The smallest absolute Gasteiger partial charge is 0.252 e. The van der Waals surface area contributed by atoms with Crippen molar-refractivity contribution >= 4 is 27.3 Å². The zero-order valence-electron chi connectivity index (χ0n) is 14.9. The highest BCUT2D eigenvalue weighted by molar-refractivity contribution is 7.17. The van der Waals surface area contributed by atoms with Gasteiger partial charge in [-0.3, -0.25) is 4.79 Å². The van der Waals surface area contributed by atoms with E-state index in [9.17, 15) is 4.79 Å². The number of hydrogen-bond donors (Lipinski definition) is 2. The molecular weight excluding hydrogens is 344 g/mol. The van der Waals surface area contributed by atoms with Crippen molar-refractivity contribution in [3.8, 4) is 5.75 Å². The van der Waals surface area contributed by atoms with Crippen LogP contribution in [0.15, 0.2) is 47.8 Å². The van der Waals surface area contributed by atoms with Crippen LogP contribution in [0.1, 0.15) is 34.5 Å². The molecule has 1 amide bonds. The van der Waals surface area contributed by atoms with E-state index >= 15 is 0 Å². The number of hydrogen-bond acceptors (Lipinski definition) is 4. The molecule has 0 saturated carbocycles. The van der Waals surface area contributed by atoms with Gasteiger partial charge in [0.2, 0.25) is 0 Å². The number of aryl methyl sites for hydroxylation is 1. The molecule has 1 aliphatic rings. The van der Waals surface area contributed by atoms with Crippen LogP contribution in [0, 0.1) is 6.92 Å². The minimum atomic E-state index is -0.0717. The molecule has 2 heterocycles. The third kappa shape index (κ3) is 3.45. The molecule has 1 saturated heterocycles. The van der Waals surface area contributed by atoms with Crippen LogP contribution in [-0.2, 0) is 0 Å². The third-order valence-electron chi connectivity index (χ3n) is 4.82. The van der Waals surface area contributed by atoms with Crippen molar-refractivity contribution in [3.63, 3.8) is 0 Å². The summed E-state index contributed by atoms with van der Waals surface area (Å²) >= 11 is 1.73. The van der Waals surface area contributed by atoms with Crippen LogP contribution >= 0.6 is 11.3 Å². The third-order valence-corrected chi connectivity index (χ3v) is 5.72. The van der Waals surface area contributed by atoms with E-state index in [1.54, 1.807) is 11.3 Å². The molecule has 0 bridgehead atoms. The minimum Gasteiger partial charge on any atom is -0.488 e. The second-order valence-electron chi connectivity index (χ2n) is 6.79. The number of fused-ring (bicyclic) bond motifs is 1. The highest BCUT2D eigenvalue weighted by Gasteiger charge is 2.20. The summed E-state index contributed by atoms with van der Waals surface area (Å²) in [6, 6.07) is 14.1. The summed E-state index contributed by atoms with van der Waals surface area (Å²) in [7, 11) is 0. The molecule has 1 aliphatic heterocycles. The summed E-state index contributed by atoms with van der Waals surface area (Å²) in [5.41, 5.74) is 2.72. The lowest BCUT2D eigenvalue weighted by Crippen LogP contribution is -2.50. The van der Waals surface area contributed by atoms with E-state index in [4.69, 9.17) is 4.74 Å². The lowest BCUT2D eigenvalue weighted by Gasteiger charge is -2.28. The van der Waals surface area contributed by atoms with Crippen molar-refractivity contribution in [2.45, 2.75) is 26.0 Å². The Morgan fingerprint density at radius 1 is 1.23 bits per heavy atom. The fraction of sp³-hybridized carbons (Fsp3) is 0.286. The number of amides is 1. The van der Waals surface area contributed by atoms with E-state index in [0.29, 0.717) is 5.56 Å². The number of ether oxygens (including phenoxy) is 1. The molecule has 3 aromatic rings. The Morgan fingerprint density at radius 3 is 2.85 bits per heavy atom. The van der Waals surface area contributed by atoms with Crippen molar-refractivity contribution in [1.82, 2.24) is 10.6 Å². The van der Waals surface area contributed by atoms with E-state index in [2.05, 4.69) is 40.3 Å². The van der Waals surface area contributed by atoms with Crippen molar-refractivity contribution in [2.75, 3.05) is 13.1 Å². The average Bonchev–Trinajstić information content (AvgIpc) is 3.06. The van der Waals surface area contributed by atoms with Crippen LogP contribution in [0.2, 0.25) is 0 Å². The predicted molar refractivity (Wildman–Crippen MR) is 106 cm³/mol. The van der Waals surface area contributed by atoms with E-state index in [1.165, 1.54) is 10.1 Å². The van der Waals surface area contributed by atoms with Crippen LogP contribution in [-0.4, -0.2) is 25.1 Å². The Kier molecular flexibility index (Phi) is 4.66. The van der Waals surface area contributed by atoms with Gasteiger partial charge in [-0.25, -0.2) is 0 Å². The van der Waals surface area contributed by atoms with Gasteiger partial charge in [0.05, 0.1) is 6.04 Å². The fourth-order valence-electron chi connectivity index (χ4n) is 3.07. The highest BCUT2D eigenvalue weighted by Crippen LogP contribution is 2.25. The number of benzene rings is 2. The molecule has 2 aromatic carbocycles. The van der Waals surface area contributed by atoms with E-state index in [1.807, 2.05) is 32.0 Å². The van der Waals surface area contributed by atoms with Gasteiger partial charge in [0.15, 0.2) is 0 Å². The zero-order valence-corrected chi connectivity index (χ0v) is 15.7. The Bertz CT molecular complexity index is 946. The summed E-state index contributed by atoms with van der Waals surface area (Å²) in [4.78, 5) is 12.8. The average molecular weight is 366 g/mol. The van der Waals surface area contributed by atoms with Gasteiger partial charge in [-0.15, -0.1) is 11.3 Å². The van der Waals surface area contributed by atoms with Crippen molar-refractivity contribution < 1.29 is 9.53 Å². The molecule has 1 unspecified atom stereocenters. The zero-order chi connectivity index (χ0) is 18.1. The standard InChI is InChI=1S/C21H22N2O2S/c1-13-3-5-17(25-18-11-22-12-18)10-19(13)21(24)23-14(2)15-4-6-20-16(9-15)7-8-26-20/h3-10,14,18,22H,11-12H2,1-2H3,(H,23,24). The first-order chi connectivity index (χ1) is 12.6. The molecule has 0 spiro atoms. The number of carbonyl (C=O) groups excluding carboxylic acids is 1. The lowest BCUT2D eigenvalue weighted by molar-refractivity contribution is 0.0937. The summed E-state index contributed by atoms with van der Waals surface area (Å²) < 4.78 is 7.15. The molecule has 5 heteroatoms. The maximum Gasteiger partial charge on any atom is 0.252 e. The fourth-order valence-corrected chi connectivity index (χ4v) is 3.84. The van der Waals surface area contributed by atoms with Crippen LogP contribution in [0.25, 0.3) is 10.1 Å². The molecule has 2 N–H and O–H groups in total. The summed E-state index contributed by atoms with van der Waals surface area (Å²) in [6.07, 6.45) is 0.199. The molecule has 4 nitrogen and oxygen atoms in total. The molecule has 1 fully saturated rings. The summed E-state index contributed by atoms with van der Waals surface area (Å²) in [6.45, 7) is 5.68. The van der Waals surface area contributed by atoms with Crippen LogP contribution < -0.4 is 15.4 Å². The van der Waals surface area contributed by atoms with Crippen molar-refractivity contribution in [2.24, 2.45) is 0 Å². The monoisotopic (exact) mass is 366 g/mol. The van der Waals surface area contributed by atoms with Gasteiger partial charge in [0.1, 0.15) is 11.9 Å². The Morgan fingerprint density at radius 2 is 2.08 bits per heavy atom. The Labute approximate surface area is 157 Å². The first-order valence-electron chi connectivity index (χ1n) is 8.86. The SMILES string of the molecule is Cc1ccc(OC2CNC2)cc1C(=O)NC(C)c1ccc2sccc2c1. The lowest BCUT2D eigenvalue weighted by atomic mass is 10.0. The topological polar surface area (TPSA) is 50.4 Å². The van der Waals surface area contributed by atoms with Gasteiger partial charge in [0, 0.05) is 23.4 Å². The van der Waals surface area contributed by atoms with Gasteiger partial charge in [-0.05, 0) is 66.1 Å². The van der Waals surface area contributed by atoms with E-state index in [-0.39, 0.29) is 18.1 Å². The van der Waals surface area contributed by atoms with Crippen LogP contribution in [0.3, 0.4) is 0 Å². The number of thiophene rings is 1. The second-order valence-corrected chi connectivity index (χ2v) is 7.74.